The minimum absolute atomic E-state index is 0.0204. The fourth-order valence-corrected chi connectivity index (χ4v) is 4.65. The molecule has 12 nitrogen and oxygen atoms in total. The van der Waals surface area contributed by atoms with Crippen molar-refractivity contribution in [3.63, 3.8) is 0 Å². The zero-order valence-corrected chi connectivity index (χ0v) is 16.1. The summed E-state index contributed by atoms with van der Waals surface area (Å²) in [5.41, 5.74) is 0.745. The van der Waals surface area contributed by atoms with Crippen molar-refractivity contribution in [1.82, 2.24) is 30.2 Å². The molecule has 0 radical (unpaired) electrons. The van der Waals surface area contributed by atoms with E-state index in [2.05, 4.69) is 25.9 Å². The number of nitrogens with one attached hydrogen (secondary N) is 2. The van der Waals surface area contributed by atoms with Crippen molar-refractivity contribution in [2.75, 3.05) is 0 Å². The summed E-state index contributed by atoms with van der Waals surface area (Å²) in [6.45, 7) is 1.58. The van der Waals surface area contributed by atoms with E-state index in [1.807, 2.05) is 6.07 Å². The fourth-order valence-electron chi connectivity index (χ4n) is 2.69. The maximum absolute atomic E-state index is 12.2. The highest BCUT2D eigenvalue weighted by Gasteiger charge is 2.56. The fraction of sp³-hybridized carbons (Fsp3) is 0.357. The first-order valence-corrected chi connectivity index (χ1v) is 10.2. The third-order valence-electron chi connectivity index (χ3n) is 3.93. The molecule has 0 saturated carbocycles. The van der Waals surface area contributed by atoms with Gasteiger partial charge in [-0.15, -0.1) is 10.2 Å². The summed E-state index contributed by atoms with van der Waals surface area (Å²) in [5, 5.41) is 15.1. The Morgan fingerprint density at radius 2 is 2.14 bits per heavy atom. The van der Waals surface area contributed by atoms with E-state index in [0.29, 0.717) is 4.31 Å². The summed E-state index contributed by atoms with van der Waals surface area (Å²) in [6, 6.07) is 6.64. The van der Waals surface area contributed by atoms with Gasteiger partial charge in [0, 0.05) is 5.25 Å². The van der Waals surface area contributed by atoms with Crippen LogP contribution in [0.5, 0.6) is 0 Å². The molecule has 2 amide bonds. The highest BCUT2D eigenvalue weighted by atomic mass is 32.2. The number of carbonyl (C=O) groups excluding carboxylic acids is 2. The van der Waals surface area contributed by atoms with Gasteiger partial charge in [0.05, 0.1) is 6.04 Å². The summed E-state index contributed by atoms with van der Waals surface area (Å²) >= 11 is 1.02. The normalized spacial score (nSPS) is 20.4. The predicted molar refractivity (Wildman–Crippen MR) is 95.2 cm³/mol. The maximum atomic E-state index is 12.2. The Labute approximate surface area is 163 Å². The van der Waals surface area contributed by atoms with E-state index in [1.54, 1.807) is 31.2 Å². The van der Waals surface area contributed by atoms with Crippen molar-refractivity contribution in [2.45, 2.75) is 36.0 Å². The Morgan fingerprint density at radius 3 is 2.75 bits per heavy atom. The Morgan fingerprint density at radius 1 is 1.43 bits per heavy atom. The second kappa shape index (κ2) is 8.12. The summed E-state index contributed by atoms with van der Waals surface area (Å²) in [7, 11) is -4.80. The highest BCUT2D eigenvalue weighted by Crippen LogP contribution is 2.34. The number of aromatic amines is 1. The van der Waals surface area contributed by atoms with E-state index < -0.39 is 39.6 Å². The lowest BCUT2D eigenvalue weighted by Crippen LogP contribution is -2.74. The van der Waals surface area contributed by atoms with Crippen molar-refractivity contribution in [1.29, 1.82) is 0 Å². The lowest BCUT2D eigenvalue weighted by molar-refractivity contribution is -0.142. The van der Waals surface area contributed by atoms with Gasteiger partial charge >= 0.3 is 16.4 Å². The minimum Gasteiger partial charge on any atom is -0.445 e. The van der Waals surface area contributed by atoms with Crippen LogP contribution >= 0.6 is 11.8 Å². The van der Waals surface area contributed by atoms with E-state index >= 15 is 0 Å². The van der Waals surface area contributed by atoms with Gasteiger partial charge in [-0.25, -0.2) is 9.10 Å². The van der Waals surface area contributed by atoms with Gasteiger partial charge in [0.25, 0.3) is 5.91 Å². The van der Waals surface area contributed by atoms with Crippen LogP contribution in [0.2, 0.25) is 0 Å². The first-order valence-electron chi connectivity index (χ1n) is 7.95. The lowest BCUT2D eigenvalue weighted by Gasteiger charge is -2.46. The van der Waals surface area contributed by atoms with E-state index in [-0.39, 0.29) is 11.8 Å². The van der Waals surface area contributed by atoms with Gasteiger partial charge in [0.2, 0.25) is 5.16 Å². The molecule has 14 heteroatoms. The molecule has 2 heterocycles. The van der Waals surface area contributed by atoms with Crippen LogP contribution in [0.15, 0.2) is 35.5 Å². The number of aromatic nitrogens is 4. The van der Waals surface area contributed by atoms with Gasteiger partial charge in [0.1, 0.15) is 12.6 Å². The minimum atomic E-state index is -4.80. The van der Waals surface area contributed by atoms with E-state index in [4.69, 9.17) is 4.74 Å². The molecule has 0 aliphatic carbocycles. The Balaban J connectivity index is 1.67. The van der Waals surface area contributed by atoms with Crippen LogP contribution in [0, 0.1) is 0 Å². The van der Waals surface area contributed by atoms with Gasteiger partial charge in [0.15, 0.2) is 0 Å². The number of rotatable bonds is 7. The SMILES string of the molecule is CC(Sc1nn[nH]n1)[C@H]1[C@@H](NC(=O)OCc2ccccc2)C(=O)N1S(=O)(=O)O. The number of carbonyl (C=O) groups is 2. The lowest BCUT2D eigenvalue weighted by atomic mass is 9.96. The number of hydrogen-bond acceptors (Lipinski definition) is 9. The number of tetrazole rings is 1. The van der Waals surface area contributed by atoms with Crippen LogP contribution in [0.25, 0.3) is 0 Å². The van der Waals surface area contributed by atoms with Crippen LogP contribution < -0.4 is 5.32 Å². The smallest absolute Gasteiger partial charge is 0.408 e. The molecule has 1 aliphatic rings. The molecule has 1 aliphatic heterocycles. The third-order valence-corrected chi connectivity index (χ3v) is 5.88. The molecular formula is C14H16N6O6S2. The van der Waals surface area contributed by atoms with Gasteiger partial charge in [-0.1, -0.05) is 49.0 Å². The second-order valence-electron chi connectivity index (χ2n) is 5.80. The number of hydrogen-bond donors (Lipinski definition) is 3. The van der Waals surface area contributed by atoms with Crippen LogP contribution in [-0.2, 0) is 26.4 Å². The number of ether oxygens (including phenoxy) is 1. The average Bonchev–Trinajstić information content (AvgIpc) is 3.14. The van der Waals surface area contributed by atoms with Crippen molar-refractivity contribution in [3.8, 4) is 0 Å². The molecule has 1 saturated heterocycles. The molecule has 150 valence electrons. The first kappa shape index (κ1) is 20.0. The summed E-state index contributed by atoms with van der Waals surface area (Å²) < 4.78 is 37.8. The number of H-pyrrole nitrogens is 1. The molecule has 1 fully saturated rings. The number of β-lactam (4-membered cyclic amide) rings is 1. The quantitative estimate of drug-likeness (QED) is 0.310. The Kier molecular flexibility index (Phi) is 5.81. The van der Waals surface area contributed by atoms with Gasteiger partial charge in [-0.05, 0) is 10.8 Å². The van der Waals surface area contributed by atoms with Crippen LogP contribution in [-0.4, -0.2) is 67.2 Å². The molecule has 3 N–H and O–H groups in total. The molecule has 1 aromatic carbocycles. The molecule has 0 bridgehead atoms. The van der Waals surface area contributed by atoms with Gasteiger partial charge in [-0.2, -0.15) is 13.6 Å². The number of nitrogens with zero attached hydrogens (tertiary/aromatic N) is 4. The monoisotopic (exact) mass is 428 g/mol. The predicted octanol–water partition coefficient (Wildman–Crippen LogP) is -0.0111. The molecule has 2 aromatic rings. The number of thioether (sulfide) groups is 1. The summed E-state index contributed by atoms with van der Waals surface area (Å²) in [5.74, 6) is -0.968. The number of benzene rings is 1. The zero-order chi connectivity index (χ0) is 20.3. The Hall–Kier alpha value is -2.71. The zero-order valence-electron chi connectivity index (χ0n) is 14.4. The molecule has 1 aromatic heterocycles. The van der Waals surface area contributed by atoms with Crippen molar-refractivity contribution in [2.24, 2.45) is 0 Å². The molecular weight excluding hydrogens is 412 g/mol. The molecule has 3 rings (SSSR count). The summed E-state index contributed by atoms with van der Waals surface area (Å²) in [4.78, 5) is 24.2. The van der Waals surface area contributed by atoms with E-state index in [1.165, 1.54) is 0 Å². The topological polar surface area (TPSA) is 167 Å². The van der Waals surface area contributed by atoms with Crippen LogP contribution in [0.1, 0.15) is 12.5 Å². The van der Waals surface area contributed by atoms with Crippen LogP contribution in [0.4, 0.5) is 4.79 Å². The van der Waals surface area contributed by atoms with Gasteiger partial charge in [-0.3, -0.25) is 9.35 Å². The largest absolute Gasteiger partial charge is 0.445 e. The van der Waals surface area contributed by atoms with Gasteiger partial charge < -0.3 is 10.1 Å². The molecule has 0 spiro atoms. The standard InChI is InChI=1S/C14H16N6O6S2/c1-8(27-13-16-18-19-17-13)11-10(12(21)20(11)28(23,24)25)15-14(22)26-7-9-5-3-2-4-6-9/h2-6,8,10-11H,7H2,1H3,(H,15,22)(H,23,24,25)(H,16,17,18,19)/t8?,10-,11+/m1/s1. The Bertz CT molecular complexity index is 938. The average molecular weight is 428 g/mol. The maximum Gasteiger partial charge on any atom is 0.408 e. The third kappa shape index (κ3) is 4.40. The molecule has 1 unspecified atom stereocenters. The number of amides is 2. The van der Waals surface area contributed by atoms with Crippen molar-refractivity contribution < 1.29 is 27.3 Å². The van der Waals surface area contributed by atoms with E-state index in [0.717, 1.165) is 17.3 Å². The van der Waals surface area contributed by atoms with E-state index in [9.17, 15) is 22.6 Å². The second-order valence-corrected chi connectivity index (χ2v) is 8.44. The summed E-state index contributed by atoms with van der Waals surface area (Å²) in [6.07, 6.45) is -0.890. The number of alkyl carbamates (subject to hydrolysis) is 1. The molecule has 3 atom stereocenters. The highest BCUT2D eigenvalue weighted by molar-refractivity contribution is 7.99. The van der Waals surface area contributed by atoms with Crippen LogP contribution in [0.3, 0.4) is 0 Å². The van der Waals surface area contributed by atoms with Crippen molar-refractivity contribution in [3.05, 3.63) is 35.9 Å². The first-order chi connectivity index (χ1) is 13.3. The molecule has 28 heavy (non-hydrogen) atoms. The van der Waals surface area contributed by atoms with Crippen molar-refractivity contribution >= 4 is 34.1 Å².